The molecule has 0 spiro atoms. The van der Waals surface area contributed by atoms with Crippen LogP contribution in [0.3, 0.4) is 0 Å². The fourth-order valence-electron chi connectivity index (χ4n) is 1.54. The predicted octanol–water partition coefficient (Wildman–Crippen LogP) is 2.66. The highest BCUT2D eigenvalue weighted by Gasteiger charge is 2.12. The Kier molecular flexibility index (Phi) is 4.61. The Morgan fingerprint density at radius 2 is 2.13 bits per heavy atom. The van der Waals surface area contributed by atoms with Crippen molar-refractivity contribution in [3.05, 3.63) is 16.9 Å². The minimum Gasteiger partial charge on any atom is -0.317 e. The molecule has 0 bridgehead atoms. The Bertz CT molecular complexity index is 307. The lowest BCUT2D eigenvalue weighted by Gasteiger charge is -2.13. The van der Waals surface area contributed by atoms with E-state index in [1.807, 2.05) is 11.7 Å². The Labute approximate surface area is 96.8 Å². The average Bonchev–Trinajstić information content (AvgIpc) is 2.56. The molecule has 86 valence electrons. The summed E-state index contributed by atoms with van der Waals surface area (Å²) in [6, 6.07) is 0.883. The highest BCUT2D eigenvalue weighted by atomic mass is 35.5. The van der Waals surface area contributed by atoms with Gasteiger partial charge in [0.15, 0.2) is 0 Å². The van der Waals surface area contributed by atoms with E-state index in [2.05, 4.69) is 31.2 Å². The first kappa shape index (κ1) is 12.5. The first-order chi connectivity index (χ1) is 7.06. The van der Waals surface area contributed by atoms with Gasteiger partial charge in [-0.05, 0) is 40.7 Å². The van der Waals surface area contributed by atoms with E-state index in [1.165, 1.54) is 0 Å². The first-order valence-electron chi connectivity index (χ1n) is 5.45. The fraction of sp³-hybridized carbons (Fsp3) is 0.727. The van der Waals surface area contributed by atoms with Gasteiger partial charge in [0.25, 0.3) is 0 Å². The zero-order valence-electron chi connectivity index (χ0n) is 9.92. The molecule has 4 heteroatoms. The Morgan fingerprint density at radius 1 is 1.47 bits per heavy atom. The van der Waals surface area contributed by atoms with E-state index < -0.39 is 0 Å². The number of nitrogens with one attached hydrogen (secondary N) is 1. The van der Waals surface area contributed by atoms with Crippen molar-refractivity contribution in [2.24, 2.45) is 0 Å². The van der Waals surface area contributed by atoms with Gasteiger partial charge in [-0.1, -0.05) is 11.6 Å². The largest absolute Gasteiger partial charge is 0.317 e. The van der Waals surface area contributed by atoms with Crippen molar-refractivity contribution in [1.82, 2.24) is 15.1 Å². The van der Waals surface area contributed by atoms with Gasteiger partial charge in [0.1, 0.15) is 0 Å². The molecular weight excluding hydrogens is 210 g/mol. The summed E-state index contributed by atoms with van der Waals surface area (Å²) in [6.45, 7) is 6.41. The molecular formula is C11H20ClN3. The van der Waals surface area contributed by atoms with Crippen LogP contribution in [0.5, 0.6) is 0 Å². The molecule has 0 aliphatic carbocycles. The molecule has 0 saturated heterocycles. The lowest BCUT2D eigenvalue weighted by atomic mass is 10.1. The van der Waals surface area contributed by atoms with Gasteiger partial charge in [0, 0.05) is 12.1 Å². The van der Waals surface area contributed by atoms with E-state index >= 15 is 0 Å². The van der Waals surface area contributed by atoms with Crippen LogP contribution in [0.1, 0.15) is 38.9 Å². The first-order valence-corrected chi connectivity index (χ1v) is 5.83. The standard InChI is InChI=1S/C11H20ClN3/c1-8(2)15-11(10(12)7-14-15)6-5-9(3)13-4/h7-9,13H,5-6H2,1-4H3. The second kappa shape index (κ2) is 5.52. The van der Waals surface area contributed by atoms with Crippen LogP contribution >= 0.6 is 11.6 Å². The number of aromatic nitrogens is 2. The van der Waals surface area contributed by atoms with Crippen LogP contribution in [0.15, 0.2) is 6.20 Å². The van der Waals surface area contributed by atoms with E-state index in [9.17, 15) is 0 Å². The smallest absolute Gasteiger partial charge is 0.0817 e. The maximum atomic E-state index is 6.11. The van der Waals surface area contributed by atoms with E-state index in [1.54, 1.807) is 6.20 Å². The number of hydrogen-bond acceptors (Lipinski definition) is 2. The van der Waals surface area contributed by atoms with Gasteiger partial charge >= 0.3 is 0 Å². The third-order valence-corrected chi connectivity index (χ3v) is 2.96. The molecule has 1 rings (SSSR count). The molecule has 0 saturated carbocycles. The lowest BCUT2D eigenvalue weighted by Crippen LogP contribution is -2.22. The minimum atomic E-state index is 0.373. The van der Waals surface area contributed by atoms with Crippen LogP contribution in [0, 0.1) is 0 Å². The second-order valence-electron chi connectivity index (χ2n) is 4.21. The highest BCUT2D eigenvalue weighted by molar-refractivity contribution is 6.31. The molecule has 1 aromatic rings. The normalized spacial score (nSPS) is 13.5. The lowest BCUT2D eigenvalue weighted by molar-refractivity contribution is 0.489. The topological polar surface area (TPSA) is 29.9 Å². The summed E-state index contributed by atoms with van der Waals surface area (Å²) < 4.78 is 2.00. The summed E-state index contributed by atoms with van der Waals surface area (Å²) in [5, 5.41) is 8.29. The van der Waals surface area contributed by atoms with Crippen molar-refractivity contribution in [3.63, 3.8) is 0 Å². The molecule has 0 aliphatic rings. The van der Waals surface area contributed by atoms with Crippen molar-refractivity contribution >= 4 is 11.6 Å². The van der Waals surface area contributed by atoms with Crippen LogP contribution in [0.4, 0.5) is 0 Å². The summed E-state index contributed by atoms with van der Waals surface area (Å²) in [7, 11) is 1.98. The van der Waals surface area contributed by atoms with Crippen molar-refractivity contribution in [3.8, 4) is 0 Å². The number of rotatable bonds is 5. The fourth-order valence-corrected chi connectivity index (χ4v) is 1.77. The van der Waals surface area contributed by atoms with E-state index in [0.29, 0.717) is 12.1 Å². The molecule has 1 N–H and O–H groups in total. The van der Waals surface area contributed by atoms with Crippen LogP contribution in [0.25, 0.3) is 0 Å². The van der Waals surface area contributed by atoms with Crippen LogP contribution in [-0.2, 0) is 6.42 Å². The number of nitrogens with zero attached hydrogens (tertiary/aromatic N) is 2. The van der Waals surface area contributed by atoms with Gasteiger partial charge in [-0.3, -0.25) is 4.68 Å². The van der Waals surface area contributed by atoms with Crippen molar-refractivity contribution < 1.29 is 0 Å². The Balaban J connectivity index is 2.70. The van der Waals surface area contributed by atoms with Crippen LogP contribution < -0.4 is 5.32 Å². The summed E-state index contributed by atoms with van der Waals surface area (Å²) in [6.07, 6.45) is 3.79. The van der Waals surface area contributed by atoms with Crippen molar-refractivity contribution in [2.45, 2.75) is 45.7 Å². The van der Waals surface area contributed by atoms with Gasteiger partial charge in [-0.15, -0.1) is 0 Å². The molecule has 0 amide bonds. The summed E-state index contributed by atoms with van der Waals surface area (Å²) in [4.78, 5) is 0. The van der Waals surface area contributed by atoms with Gasteiger partial charge in [-0.2, -0.15) is 5.10 Å². The predicted molar refractivity (Wildman–Crippen MR) is 64.5 cm³/mol. The van der Waals surface area contributed by atoms with Crippen molar-refractivity contribution in [1.29, 1.82) is 0 Å². The van der Waals surface area contributed by atoms with Crippen LogP contribution in [-0.4, -0.2) is 22.9 Å². The van der Waals surface area contributed by atoms with Crippen molar-refractivity contribution in [2.75, 3.05) is 7.05 Å². The van der Waals surface area contributed by atoms with E-state index in [4.69, 9.17) is 11.6 Å². The molecule has 15 heavy (non-hydrogen) atoms. The SMILES string of the molecule is CNC(C)CCc1c(Cl)cnn1C(C)C. The molecule has 0 aromatic carbocycles. The average molecular weight is 230 g/mol. The maximum Gasteiger partial charge on any atom is 0.0817 e. The summed E-state index contributed by atoms with van der Waals surface area (Å²) >= 11 is 6.11. The van der Waals surface area contributed by atoms with Gasteiger partial charge in [-0.25, -0.2) is 0 Å². The second-order valence-corrected chi connectivity index (χ2v) is 4.61. The quantitative estimate of drug-likeness (QED) is 0.842. The Morgan fingerprint density at radius 3 is 2.67 bits per heavy atom. The monoisotopic (exact) mass is 229 g/mol. The van der Waals surface area contributed by atoms with Gasteiger partial charge in [0.2, 0.25) is 0 Å². The molecule has 0 radical (unpaired) electrons. The third kappa shape index (κ3) is 3.21. The zero-order valence-corrected chi connectivity index (χ0v) is 10.7. The number of halogens is 1. The molecule has 1 aromatic heterocycles. The van der Waals surface area contributed by atoms with Gasteiger partial charge < -0.3 is 5.32 Å². The summed E-state index contributed by atoms with van der Waals surface area (Å²) in [5.41, 5.74) is 1.15. The maximum absolute atomic E-state index is 6.11. The minimum absolute atomic E-state index is 0.373. The van der Waals surface area contributed by atoms with E-state index in [-0.39, 0.29) is 0 Å². The highest BCUT2D eigenvalue weighted by Crippen LogP contribution is 2.20. The molecule has 3 nitrogen and oxygen atoms in total. The molecule has 1 unspecified atom stereocenters. The van der Waals surface area contributed by atoms with E-state index in [0.717, 1.165) is 23.6 Å². The molecule has 0 aliphatic heterocycles. The number of hydrogen-bond donors (Lipinski definition) is 1. The Hall–Kier alpha value is -0.540. The van der Waals surface area contributed by atoms with Crippen LogP contribution in [0.2, 0.25) is 5.02 Å². The molecule has 0 fully saturated rings. The zero-order chi connectivity index (χ0) is 11.4. The molecule has 1 heterocycles. The van der Waals surface area contributed by atoms with Gasteiger partial charge in [0.05, 0.1) is 16.9 Å². The summed E-state index contributed by atoms with van der Waals surface area (Å²) in [5.74, 6) is 0. The third-order valence-electron chi connectivity index (χ3n) is 2.64. The molecule has 1 atom stereocenters.